The number of benzene rings is 1. The van der Waals surface area contributed by atoms with Crippen LogP contribution in [0.15, 0.2) is 30.6 Å². The van der Waals surface area contributed by atoms with Crippen LogP contribution in [0, 0.1) is 0 Å². The number of nitrogens with one attached hydrogen (secondary N) is 1. The second-order valence-electron chi connectivity index (χ2n) is 4.56. The number of nitrogen functional groups attached to an aromatic ring is 1. The van der Waals surface area contributed by atoms with Crippen molar-refractivity contribution in [2.45, 2.75) is 25.8 Å². The highest BCUT2D eigenvalue weighted by molar-refractivity contribution is 5.34. The number of hydrogen-bond donors (Lipinski definition) is 2. The number of rotatable bonds is 6. The maximum absolute atomic E-state index is 5.52. The minimum atomic E-state index is 0.222. The molecule has 1 heterocycles. The molecule has 0 saturated heterocycles. The second kappa shape index (κ2) is 6.70. The van der Waals surface area contributed by atoms with Gasteiger partial charge in [-0.05, 0) is 31.4 Å². The summed E-state index contributed by atoms with van der Waals surface area (Å²) in [6.07, 6.45) is 3.25. The first kappa shape index (κ1) is 14.0. The summed E-state index contributed by atoms with van der Waals surface area (Å²) < 4.78 is 5.34. The summed E-state index contributed by atoms with van der Waals surface area (Å²) >= 11 is 0. The minimum absolute atomic E-state index is 0.222. The smallest absolute Gasteiger partial charge is 0.227 e. The van der Waals surface area contributed by atoms with Crippen LogP contribution >= 0.6 is 0 Å². The number of nitrogens with zero attached hydrogens (tertiary/aromatic N) is 3. The third-order valence-electron chi connectivity index (χ3n) is 3.01. The molecular weight excluding hydrogens is 254 g/mol. The van der Waals surface area contributed by atoms with Crippen molar-refractivity contribution < 1.29 is 4.74 Å². The van der Waals surface area contributed by atoms with Gasteiger partial charge in [-0.3, -0.25) is 0 Å². The van der Waals surface area contributed by atoms with Gasteiger partial charge in [-0.15, -0.1) is 0 Å². The normalized spacial score (nSPS) is 11.9. The predicted octanol–water partition coefficient (Wildman–Crippen LogP) is 1.90. The molecule has 3 N–H and O–H groups in total. The number of methoxy groups -OCH3 is 1. The number of hydrogen-bond acceptors (Lipinski definition) is 6. The zero-order chi connectivity index (χ0) is 14.4. The molecule has 0 aliphatic carbocycles. The van der Waals surface area contributed by atoms with E-state index in [-0.39, 0.29) is 12.0 Å². The molecule has 2 aromatic rings. The van der Waals surface area contributed by atoms with Crippen LogP contribution in [0.5, 0.6) is 5.75 Å². The first-order valence-corrected chi connectivity index (χ1v) is 6.52. The van der Waals surface area contributed by atoms with Crippen LogP contribution in [0.25, 0.3) is 0 Å². The van der Waals surface area contributed by atoms with Gasteiger partial charge in [0.2, 0.25) is 11.9 Å². The van der Waals surface area contributed by atoms with Gasteiger partial charge in [-0.1, -0.05) is 18.2 Å². The van der Waals surface area contributed by atoms with Gasteiger partial charge in [0.05, 0.1) is 7.11 Å². The molecular formula is C14H19N5O. The van der Waals surface area contributed by atoms with Gasteiger partial charge in [0.25, 0.3) is 0 Å². The zero-order valence-electron chi connectivity index (χ0n) is 11.7. The average Bonchev–Trinajstić information content (AvgIpc) is 2.45. The van der Waals surface area contributed by atoms with Crippen LogP contribution in [-0.4, -0.2) is 28.1 Å². The number of para-hydroxylation sites is 1. The van der Waals surface area contributed by atoms with Crippen molar-refractivity contribution in [1.82, 2.24) is 15.0 Å². The summed E-state index contributed by atoms with van der Waals surface area (Å²) in [5, 5.41) is 3.21. The maximum atomic E-state index is 5.52. The monoisotopic (exact) mass is 273 g/mol. The second-order valence-corrected chi connectivity index (χ2v) is 4.56. The fraction of sp³-hybridized carbons (Fsp3) is 0.357. The molecule has 6 heteroatoms. The molecule has 0 spiro atoms. The van der Waals surface area contributed by atoms with Gasteiger partial charge in [0.15, 0.2) is 0 Å². The van der Waals surface area contributed by atoms with Gasteiger partial charge in [-0.25, -0.2) is 9.97 Å². The Bertz CT molecular complexity index is 561. The van der Waals surface area contributed by atoms with Gasteiger partial charge in [-0.2, -0.15) is 4.98 Å². The number of ether oxygens (including phenoxy) is 1. The number of aryl methyl sites for hydroxylation is 1. The summed E-state index contributed by atoms with van der Waals surface area (Å²) in [5.74, 6) is 1.65. The Kier molecular flexibility index (Phi) is 4.70. The SMILES string of the molecule is COc1ccccc1CCC(C)Nc1ncnc(N)n1. The van der Waals surface area contributed by atoms with E-state index >= 15 is 0 Å². The fourth-order valence-corrected chi connectivity index (χ4v) is 1.95. The van der Waals surface area contributed by atoms with Crippen LogP contribution in [0.2, 0.25) is 0 Å². The van der Waals surface area contributed by atoms with Crippen molar-refractivity contribution in [3.05, 3.63) is 36.2 Å². The van der Waals surface area contributed by atoms with Crippen LogP contribution in [-0.2, 0) is 6.42 Å². The molecule has 6 nitrogen and oxygen atoms in total. The molecule has 0 aliphatic rings. The number of aromatic nitrogens is 3. The van der Waals surface area contributed by atoms with E-state index in [0.29, 0.717) is 5.95 Å². The Morgan fingerprint density at radius 2 is 2.10 bits per heavy atom. The van der Waals surface area contributed by atoms with E-state index < -0.39 is 0 Å². The number of anilines is 2. The molecule has 0 fully saturated rings. The van der Waals surface area contributed by atoms with Crippen molar-refractivity contribution >= 4 is 11.9 Å². The van der Waals surface area contributed by atoms with Crippen LogP contribution < -0.4 is 15.8 Å². The standard InChI is InChI=1S/C14H19N5O/c1-10(18-14-17-9-16-13(15)19-14)7-8-11-5-3-4-6-12(11)20-2/h3-6,9-10H,7-8H2,1-2H3,(H3,15,16,17,18,19). The minimum Gasteiger partial charge on any atom is -0.496 e. The van der Waals surface area contributed by atoms with Crippen LogP contribution in [0.3, 0.4) is 0 Å². The summed E-state index contributed by atoms with van der Waals surface area (Å²) in [5.41, 5.74) is 6.71. The van der Waals surface area contributed by atoms with Gasteiger partial charge in [0, 0.05) is 6.04 Å². The molecule has 1 unspecified atom stereocenters. The molecule has 1 aromatic heterocycles. The van der Waals surface area contributed by atoms with Gasteiger partial charge in [0.1, 0.15) is 12.1 Å². The topological polar surface area (TPSA) is 86.0 Å². The Morgan fingerprint density at radius 1 is 1.30 bits per heavy atom. The fourth-order valence-electron chi connectivity index (χ4n) is 1.95. The summed E-state index contributed by atoms with van der Waals surface area (Å²) in [6.45, 7) is 2.08. The third kappa shape index (κ3) is 3.81. The summed E-state index contributed by atoms with van der Waals surface area (Å²) in [6, 6.07) is 8.26. The first-order chi connectivity index (χ1) is 9.69. The molecule has 0 radical (unpaired) electrons. The lowest BCUT2D eigenvalue weighted by molar-refractivity contribution is 0.408. The van der Waals surface area contributed by atoms with Crippen molar-refractivity contribution in [2.24, 2.45) is 0 Å². The highest BCUT2D eigenvalue weighted by atomic mass is 16.5. The Labute approximate surface area is 118 Å². The highest BCUT2D eigenvalue weighted by Crippen LogP contribution is 2.19. The summed E-state index contributed by atoms with van der Waals surface area (Å²) in [7, 11) is 1.69. The third-order valence-corrected chi connectivity index (χ3v) is 3.01. The van der Waals surface area contributed by atoms with Gasteiger partial charge >= 0.3 is 0 Å². The molecule has 20 heavy (non-hydrogen) atoms. The lowest BCUT2D eigenvalue weighted by Gasteiger charge is -2.14. The lowest BCUT2D eigenvalue weighted by Crippen LogP contribution is -2.18. The van der Waals surface area contributed by atoms with E-state index in [1.54, 1.807) is 7.11 Å². The van der Waals surface area contributed by atoms with Crippen LogP contribution in [0.4, 0.5) is 11.9 Å². The molecule has 106 valence electrons. The Hall–Kier alpha value is -2.37. The molecule has 0 saturated carbocycles. The zero-order valence-corrected chi connectivity index (χ0v) is 11.7. The molecule has 1 aromatic carbocycles. The van der Waals surface area contributed by atoms with E-state index in [1.165, 1.54) is 11.9 Å². The quantitative estimate of drug-likeness (QED) is 0.836. The maximum Gasteiger partial charge on any atom is 0.227 e. The van der Waals surface area contributed by atoms with Crippen LogP contribution in [0.1, 0.15) is 18.9 Å². The van der Waals surface area contributed by atoms with E-state index in [1.807, 2.05) is 18.2 Å². The highest BCUT2D eigenvalue weighted by Gasteiger charge is 2.07. The summed E-state index contributed by atoms with van der Waals surface area (Å²) in [4.78, 5) is 11.8. The molecule has 2 rings (SSSR count). The molecule has 1 atom stereocenters. The predicted molar refractivity (Wildman–Crippen MR) is 78.6 cm³/mol. The molecule has 0 bridgehead atoms. The van der Waals surface area contributed by atoms with E-state index in [2.05, 4.69) is 33.3 Å². The van der Waals surface area contributed by atoms with Crippen molar-refractivity contribution in [3.63, 3.8) is 0 Å². The molecule has 0 aliphatic heterocycles. The van der Waals surface area contributed by atoms with Crippen molar-refractivity contribution in [2.75, 3.05) is 18.2 Å². The Balaban J connectivity index is 1.90. The number of nitrogens with two attached hydrogens (primary N) is 1. The Morgan fingerprint density at radius 3 is 2.85 bits per heavy atom. The van der Waals surface area contributed by atoms with Gasteiger partial charge < -0.3 is 15.8 Å². The molecule has 0 amide bonds. The first-order valence-electron chi connectivity index (χ1n) is 6.52. The van der Waals surface area contributed by atoms with Crippen molar-refractivity contribution in [3.8, 4) is 5.75 Å². The van der Waals surface area contributed by atoms with E-state index in [0.717, 1.165) is 18.6 Å². The van der Waals surface area contributed by atoms with E-state index in [4.69, 9.17) is 10.5 Å². The average molecular weight is 273 g/mol. The van der Waals surface area contributed by atoms with E-state index in [9.17, 15) is 0 Å². The van der Waals surface area contributed by atoms with Crippen molar-refractivity contribution in [1.29, 1.82) is 0 Å². The lowest BCUT2D eigenvalue weighted by atomic mass is 10.1. The largest absolute Gasteiger partial charge is 0.496 e.